The Bertz CT molecular complexity index is 701. The number of para-hydroxylation sites is 2. The number of rotatable bonds is 24. The van der Waals surface area contributed by atoms with E-state index in [4.69, 9.17) is 18.3 Å². The summed E-state index contributed by atoms with van der Waals surface area (Å²) in [6, 6.07) is 19.5. The molecule has 0 bridgehead atoms. The second kappa shape index (κ2) is 22.4. The van der Waals surface area contributed by atoms with Gasteiger partial charge in [-0.3, -0.25) is 4.52 Å². The molecule has 0 fully saturated rings. The van der Waals surface area contributed by atoms with Gasteiger partial charge in [0.1, 0.15) is 11.5 Å². The molecule has 0 aromatic heterocycles. The molecule has 5 heteroatoms. The first-order chi connectivity index (χ1) is 18.3. The topological polar surface area (TPSA) is 36.9 Å². The van der Waals surface area contributed by atoms with E-state index < -0.39 is 8.60 Å². The maximum atomic E-state index is 6.33. The van der Waals surface area contributed by atoms with Crippen molar-refractivity contribution in [2.45, 2.75) is 116 Å². The first kappa shape index (κ1) is 31.6. The first-order valence-electron chi connectivity index (χ1n) is 14.8. The van der Waals surface area contributed by atoms with Crippen LogP contribution < -0.4 is 9.05 Å². The standard InChI is InChI=1S/C32H51O4P/c1-3-5-7-8-9-10-11-20-28-33-30(22-14-6-4-2)23-19-21-29-34-37(35-31-24-15-12-16-25-31)36-32-26-17-13-18-27-32/h12-13,15-18,24-27,30H,3-11,14,19-23,28-29H2,1-2H3. The third kappa shape index (κ3) is 16.8. The lowest BCUT2D eigenvalue weighted by atomic mass is 10.0. The van der Waals surface area contributed by atoms with E-state index in [1.54, 1.807) is 0 Å². The van der Waals surface area contributed by atoms with Crippen LogP contribution >= 0.6 is 8.60 Å². The second-order valence-electron chi connectivity index (χ2n) is 9.82. The van der Waals surface area contributed by atoms with Gasteiger partial charge >= 0.3 is 8.60 Å². The van der Waals surface area contributed by atoms with Crippen LogP contribution in [0.15, 0.2) is 60.7 Å². The van der Waals surface area contributed by atoms with Crippen molar-refractivity contribution in [3.05, 3.63) is 60.7 Å². The molecule has 0 amide bonds. The van der Waals surface area contributed by atoms with Gasteiger partial charge in [-0.25, -0.2) is 0 Å². The Kier molecular flexibility index (Phi) is 19.1. The minimum atomic E-state index is -1.51. The highest BCUT2D eigenvalue weighted by atomic mass is 31.2. The summed E-state index contributed by atoms with van der Waals surface area (Å²) in [5.74, 6) is 1.52. The van der Waals surface area contributed by atoms with Crippen molar-refractivity contribution in [2.75, 3.05) is 13.2 Å². The molecule has 1 unspecified atom stereocenters. The predicted octanol–water partition coefficient (Wildman–Crippen LogP) is 10.7. The third-order valence-corrected chi connectivity index (χ3v) is 7.56. The molecule has 0 N–H and O–H groups in total. The molecule has 0 heterocycles. The van der Waals surface area contributed by atoms with Crippen molar-refractivity contribution in [2.24, 2.45) is 0 Å². The highest BCUT2D eigenvalue weighted by Crippen LogP contribution is 2.41. The molecular formula is C32H51O4P. The summed E-state index contributed by atoms with van der Waals surface area (Å²) in [6.07, 6.45) is 19.2. The van der Waals surface area contributed by atoms with E-state index in [9.17, 15) is 0 Å². The Morgan fingerprint density at radius 1 is 0.541 bits per heavy atom. The van der Waals surface area contributed by atoms with Crippen molar-refractivity contribution in [1.29, 1.82) is 0 Å². The average molecular weight is 531 g/mol. The van der Waals surface area contributed by atoms with Crippen LogP contribution in [0, 0.1) is 0 Å². The Labute approximate surface area is 228 Å². The van der Waals surface area contributed by atoms with Gasteiger partial charge in [-0.1, -0.05) is 114 Å². The molecule has 0 aliphatic carbocycles. The highest BCUT2D eigenvalue weighted by Gasteiger charge is 2.17. The maximum Gasteiger partial charge on any atom is 0.463 e. The molecule has 2 aromatic carbocycles. The van der Waals surface area contributed by atoms with Gasteiger partial charge in [-0.05, 0) is 56.4 Å². The minimum Gasteiger partial charge on any atom is -0.418 e. The monoisotopic (exact) mass is 530 g/mol. The summed E-state index contributed by atoms with van der Waals surface area (Å²) in [5, 5.41) is 0. The second-order valence-corrected chi connectivity index (χ2v) is 10.9. The van der Waals surface area contributed by atoms with Gasteiger partial charge in [0, 0.05) is 6.61 Å². The lowest BCUT2D eigenvalue weighted by molar-refractivity contribution is 0.0352. The zero-order valence-corrected chi connectivity index (χ0v) is 24.3. The van der Waals surface area contributed by atoms with Crippen molar-refractivity contribution in [3.8, 4) is 11.5 Å². The molecule has 2 rings (SSSR count). The minimum absolute atomic E-state index is 0.374. The fourth-order valence-corrected chi connectivity index (χ4v) is 5.25. The molecule has 0 saturated heterocycles. The fraction of sp³-hybridized carbons (Fsp3) is 0.625. The molecule has 37 heavy (non-hydrogen) atoms. The molecular weight excluding hydrogens is 479 g/mol. The Hall–Kier alpha value is -1.61. The quantitative estimate of drug-likeness (QED) is 0.0999. The fourth-order valence-electron chi connectivity index (χ4n) is 4.24. The summed E-state index contributed by atoms with van der Waals surface area (Å²) < 4.78 is 24.4. The Balaban J connectivity index is 1.67. The number of hydrogen-bond donors (Lipinski definition) is 0. The van der Waals surface area contributed by atoms with Crippen LogP contribution in [-0.2, 0) is 9.26 Å². The van der Waals surface area contributed by atoms with Crippen molar-refractivity contribution < 1.29 is 18.3 Å². The van der Waals surface area contributed by atoms with E-state index in [1.807, 2.05) is 60.7 Å². The molecule has 0 radical (unpaired) electrons. The molecule has 0 spiro atoms. The lowest BCUT2D eigenvalue weighted by Crippen LogP contribution is -2.14. The van der Waals surface area contributed by atoms with E-state index in [0.29, 0.717) is 12.7 Å². The molecule has 208 valence electrons. The van der Waals surface area contributed by atoms with Crippen LogP contribution in [0.4, 0.5) is 0 Å². The number of hydrogen-bond acceptors (Lipinski definition) is 4. The van der Waals surface area contributed by atoms with Crippen LogP contribution in [0.2, 0.25) is 0 Å². The van der Waals surface area contributed by atoms with Crippen LogP contribution in [0.3, 0.4) is 0 Å². The lowest BCUT2D eigenvalue weighted by Gasteiger charge is -2.19. The largest absolute Gasteiger partial charge is 0.463 e. The summed E-state index contributed by atoms with van der Waals surface area (Å²) in [7, 11) is -1.51. The summed E-state index contributed by atoms with van der Waals surface area (Å²) >= 11 is 0. The SMILES string of the molecule is CCCCCCCCCCOC(CCCCC)CCCCOP(Oc1ccccc1)Oc1ccccc1. The average Bonchev–Trinajstić information content (AvgIpc) is 2.92. The summed E-state index contributed by atoms with van der Waals surface area (Å²) in [4.78, 5) is 0. The molecule has 2 aromatic rings. The predicted molar refractivity (Wildman–Crippen MR) is 157 cm³/mol. The Morgan fingerprint density at radius 3 is 1.57 bits per heavy atom. The molecule has 0 aliphatic heterocycles. The number of ether oxygens (including phenoxy) is 1. The molecule has 0 aliphatic rings. The van der Waals surface area contributed by atoms with Crippen LogP contribution in [0.5, 0.6) is 11.5 Å². The van der Waals surface area contributed by atoms with Gasteiger partial charge in [0.05, 0.1) is 12.7 Å². The number of unbranched alkanes of at least 4 members (excludes halogenated alkanes) is 10. The molecule has 4 nitrogen and oxygen atoms in total. The van der Waals surface area contributed by atoms with Gasteiger partial charge in [0.15, 0.2) is 0 Å². The normalized spacial score (nSPS) is 12.1. The summed E-state index contributed by atoms with van der Waals surface area (Å²) in [6.45, 7) is 6.06. The maximum absolute atomic E-state index is 6.33. The zero-order chi connectivity index (χ0) is 26.2. The van der Waals surface area contributed by atoms with Crippen molar-refractivity contribution in [3.63, 3.8) is 0 Å². The van der Waals surface area contributed by atoms with E-state index in [0.717, 1.165) is 37.4 Å². The van der Waals surface area contributed by atoms with E-state index in [-0.39, 0.29) is 0 Å². The molecule has 0 saturated carbocycles. The van der Waals surface area contributed by atoms with Crippen molar-refractivity contribution in [1.82, 2.24) is 0 Å². The van der Waals surface area contributed by atoms with Gasteiger partial charge in [0.25, 0.3) is 0 Å². The van der Waals surface area contributed by atoms with E-state index in [2.05, 4.69) is 13.8 Å². The zero-order valence-electron chi connectivity index (χ0n) is 23.5. The van der Waals surface area contributed by atoms with Gasteiger partial charge in [-0.15, -0.1) is 0 Å². The number of benzene rings is 2. The van der Waals surface area contributed by atoms with E-state index >= 15 is 0 Å². The van der Waals surface area contributed by atoms with Crippen molar-refractivity contribution >= 4 is 8.60 Å². The van der Waals surface area contributed by atoms with Gasteiger partial charge < -0.3 is 13.8 Å². The third-order valence-electron chi connectivity index (χ3n) is 6.44. The van der Waals surface area contributed by atoms with Gasteiger partial charge in [-0.2, -0.15) is 0 Å². The summed E-state index contributed by atoms with van der Waals surface area (Å²) in [5.41, 5.74) is 0. The Morgan fingerprint density at radius 2 is 1.00 bits per heavy atom. The smallest absolute Gasteiger partial charge is 0.418 e. The first-order valence-corrected chi connectivity index (χ1v) is 15.9. The van der Waals surface area contributed by atoms with Crippen LogP contribution in [0.25, 0.3) is 0 Å². The van der Waals surface area contributed by atoms with E-state index in [1.165, 1.54) is 77.0 Å². The van der Waals surface area contributed by atoms with Crippen LogP contribution in [-0.4, -0.2) is 19.3 Å². The highest BCUT2D eigenvalue weighted by molar-refractivity contribution is 7.42. The van der Waals surface area contributed by atoms with Crippen LogP contribution in [0.1, 0.15) is 110 Å². The molecule has 1 atom stereocenters. The van der Waals surface area contributed by atoms with Gasteiger partial charge in [0.2, 0.25) is 0 Å².